The summed E-state index contributed by atoms with van der Waals surface area (Å²) in [6.45, 7) is 6.10. The van der Waals surface area contributed by atoms with Crippen LogP contribution < -0.4 is 10.1 Å². The van der Waals surface area contributed by atoms with E-state index < -0.39 is 0 Å². The van der Waals surface area contributed by atoms with E-state index in [1.54, 1.807) is 12.0 Å². The van der Waals surface area contributed by atoms with Gasteiger partial charge in [-0.2, -0.15) is 0 Å². The summed E-state index contributed by atoms with van der Waals surface area (Å²) < 4.78 is 5.34. The second kappa shape index (κ2) is 10.3. The van der Waals surface area contributed by atoms with Gasteiger partial charge >= 0.3 is 6.03 Å². The number of rotatable bonds is 7. The number of para-hydroxylation sites is 1. The lowest BCUT2D eigenvalue weighted by atomic mass is 10.1. The molecule has 0 radical (unpaired) electrons. The van der Waals surface area contributed by atoms with Gasteiger partial charge in [0, 0.05) is 45.7 Å². The third kappa shape index (κ3) is 5.61. The minimum Gasteiger partial charge on any atom is -0.496 e. The van der Waals surface area contributed by atoms with Gasteiger partial charge in [-0.1, -0.05) is 18.2 Å². The van der Waals surface area contributed by atoms with Crippen LogP contribution in [-0.4, -0.2) is 86.1 Å². The molecule has 1 N–H and O–H groups in total. The lowest BCUT2D eigenvalue weighted by molar-refractivity contribution is -0.132. The normalized spacial score (nSPS) is 17.6. The van der Waals surface area contributed by atoms with E-state index in [1.165, 1.54) is 12.8 Å². The molecule has 0 bridgehead atoms. The van der Waals surface area contributed by atoms with Gasteiger partial charge in [-0.3, -0.25) is 4.79 Å². The molecule has 0 atom stereocenters. The van der Waals surface area contributed by atoms with Crippen LogP contribution in [0.1, 0.15) is 24.8 Å². The van der Waals surface area contributed by atoms with Crippen LogP contribution in [0.3, 0.4) is 0 Å². The summed E-state index contributed by atoms with van der Waals surface area (Å²) >= 11 is 0. The van der Waals surface area contributed by atoms with Gasteiger partial charge in [0.05, 0.1) is 7.11 Å². The fraction of sp³-hybridized carbons (Fsp3) is 0.619. The molecule has 2 heterocycles. The molecular formula is C21H32N4O3. The maximum absolute atomic E-state index is 12.4. The predicted molar refractivity (Wildman–Crippen MR) is 109 cm³/mol. The molecule has 3 rings (SSSR count). The van der Waals surface area contributed by atoms with Crippen LogP contribution in [0, 0.1) is 0 Å². The highest BCUT2D eigenvalue weighted by Gasteiger charge is 2.24. The molecule has 7 heteroatoms. The van der Waals surface area contributed by atoms with Gasteiger partial charge in [-0.25, -0.2) is 4.79 Å². The maximum Gasteiger partial charge on any atom is 0.317 e. The number of benzene rings is 1. The van der Waals surface area contributed by atoms with Gasteiger partial charge in [-0.05, 0) is 44.0 Å². The molecule has 0 unspecified atom stereocenters. The number of carbonyl (C=O) groups excluding carboxylic acids is 2. The fourth-order valence-electron chi connectivity index (χ4n) is 3.90. The van der Waals surface area contributed by atoms with Gasteiger partial charge < -0.3 is 24.8 Å². The minimum absolute atomic E-state index is 0.0564. The number of ether oxygens (including phenoxy) is 1. The Bertz CT molecular complexity index is 653. The van der Waals surface area contributed by atoms with Gasteiger partial charge in [-0.15, -0.1) is 0 Å². The first-order chi connectivity index (χ1) is 13.7. The van der Waals surface area contributed by atoms with Crippen molar-refractivity contribution in [2.24, 2.45) is 0 Å². The van der Waals surface area contributed by atoms with Crippen LogP contribution in [0.5, 0.6) is 5.75 Å². The average molecular weight is 389 g/mol. The number of hydrogen-bond donors (Lipinski definition) is 1. The number of piperazine rings is 1. The monoisotopic (exact) mass is 388 g/mol. The van der Waals surface area contributed by atoms with Crippen molar-refractivity contribution in [3.05, 3.63) is 29.8 Å². The Hall–Kier alpha value is -2.28. The van der Waals surface area contributed by atoms with Crippen LogP contribution in [-0.2, 0) is 11.2 Å². The van der Waals surface area contributed by atoms with Crippen molar-refractivity contribution in [1.82, 2.24) is 20.0 Å². The van der Waals surface area contributed by atoms with Crippen molar-refractivity contribution >= 4 is 11.9 Å². The van der Waals surface area contributed by atoms with E-state index in [4.69, 9.17) is 4.74 Å². The van der Waals surface area contributed by atoms with E-state index >= 15 is 0 Å². The first-order valence-corrected chi connectivity index (χ1v) is 10.3. The lowest BCUT2D eigenvalue weighted by Crippen LogP contribution is -2.53. The second-order valence-electron chi connectivity index (χ2n) is 7.46. The van der Waals surface area contributed by atoms with Crippen LogP contribution in [0.15, 0.2) is 24.3 Å². The smallest absolute Gasteiger partial charge is 0.317 e. The summed E-state index contributed by atoms with van der Waals surface area (Å²) in [5, 5.41) is 2.98. The molecule has 2 fully saturated rings. The number of urea groups is 1. The molecule has 0 aromatic heterocycles. The highest BCUT2D eigenvalue weighted by molar-refractivity contribution is 5.77. The van der Waals surface area contributed by atoms with Gasteiger partial charge in [0.25, 0.3) is 0 Å². The van der Waals surface area contributed by atoms with E-state index in [-0.39, 0.29) is 11.9 Å². The van der Waals surface area contributed by atoms with Crippen molar-refractivity contribution in [3.63, 3.8) is 0 Å². The molecule has 2 aliphatic rings. The standard InChI is InChI=1S/C21H32N4O3/c1-28-19-7-3-2-6-18(19)8-10-22-21(27)25-16-14-24(15-17-25)20(26)9-13-23-11-4-5-12-23/h2-3,6-7H,4-5,8-17H2,1H3,(H,22,27). The molecule has 2 aliphatic heterocycles. The SMILES string of the molecule is COc1ccccc1CCNC(=O)N1CCN(C(=O)CCN2CCCC2)CC1. The Morgan fingerprint density at radius 3 is 2.39 bits per heavy atom. The molecular weight excluding hydrogens is 356 g/mol. The van der Waals surface area contributed by atoms with Crippen LogP contribution in [0.25, 0.3) is 0 Å². The predicted octanol–water partition coefficient (Wildman–Crippen LogP) is 1.58. The average Bonchev–Trinajstić information content (AvgIpc) is 3.26. The van der Waals surface area contributed by atoms with E-state index in [1.807, 2.05) is 29.2 Å². The molecule has 1 aromatic rings. The van der Waals surface area contributed by atoms with Crippen LogP contribution >= 0.6 is 0 Å². The Morgan fingerprint density at radius 1 is 1.00 bits per heavy atom. The van der Waals surface area contributed by atoms with E-state index in [9.17, 15) is 9.59 Å². The maximum atomic E-state index is 12.4. The molecule has 28 heavy (non-hydrogen) atoms. The van der Waals surface area contributed by atoms with Crippen LogP contribution in [0.4, 0.5) is 4.79 Å². The summed E-state index contributed by atoms with van der Waals surface area (Å²) in [5.41, 5.74) is 1.08. The Labute approximate surface area is 167 Å². The van der Waals surface area contributed by atoms with Crippen LogP contribution in [0.2, 0.25) is 0 Å². The number of likely N-dealkylation sites (tertiary alicyclic amines) is 1. The summed E-state index contributed by atoms with van der Waals surface area (Å²) in [4.78, 5) is 30.8. The topological polar surface area (TPSA) is 65.1 Å². The van der Waals surface area contributed by atoms with Crippen molar-refractivity contribution in [3.8, 4) is 5.75 Å². The molecule has 154 valence electrons. The first kappa shape index (κ1) is 20.5. The number of carbonyl (C=O) groups is 2. The Balaban J connectivity index is 1.34. The Kier molecular flexibility index (Phi) is 7.54. The zero-order valence-electron chi connectivity index (χ0n) is 16.9. The fourth-order valence-corrected chi connectivity index (χ4v) is 3.90. The highest BCUT2D eigenvalue weighted by Crippen LogP contribution is 2.17. The molecule has 1 aromatic carbocycles. The largest absolute Gasteiger partial charge is 0.496 e. The third-order valence-electron chi connectivity index (χ3n) is 5.62. The highest BCUT2D eigenvalue weighted by atomic mass is 16.5. The van der Waals surface area contributed by atoms with Gasteiger partial charge in [0.15, 0.2) is 0 Å². The van der Waals surface area contributed by atoms with Crippen molar-refractivity contribution in [2.45, 2.75) is 25.7 Å². The minimum atomic E-state index is -0.0564. The lowest BCUT2D eigenvalue weighted by Gasteiger charge is -2.35. The number of nitrogens with zero attached hydrogens (tertiary/aromatic N) is 3. The quantitative estimate of drug-likeness (QED) is 0.770. The Morgan fingerprint density at radius 2 is 1.68 bits per heavy atom. The first-order valence-electron chi connectivity index (χ1n) is 10.3. The zero-order chi connectivity index (χ0) is 19.8. The number of amides is 3. The van der Waals surface area contributed by atoms with E-state index in [0.717, 1.165) is 37.4 Å². The van der Waals surface area contributed by atoms with E-state index in [2.05, 4.69) is 10.2 Å². The molecule has 0 saturated carbocycles. The molecule has 3 amide bonds. The van der Waals surface area contributed by atoms with Crippen molar-refractivity contribution in [1.29, 1.82) is 0 Å². The second-order valence-corrected chi connectivity index (χ2v) is 7.46. The molecule has 0 aliphatic carbocycles. The van der Waals surface area contributed by atoms with E-state index in [0.29, 0.717) is 39.1 Å². The van der Waals surface area contributed by atoms with Gasteiger partial charge in [0.1, 0.15) is 5.75 Å². The number of nitrogens with one attached hydrogen (secondary N) is 1. The molecule has 2 saturated heterocycles. The number of methoxy groups -OCH3 is 1. The van der Waals surface area contributed by atoms with Gasteiger partial charge in [0.2, 0.25) is 5.91 Å². The third-order valence-corrected chi connectivity index (χ3v) is 5.62. The molecule has 0 spiro atoms. The summed E-state index contributed by atoms with van der Waals surface area (Å²) in [6.07, 6.45) is 3.81. The number of hydrogen-bond acceptors (Lipinski definition) is 4. The molecule has 7 nitrogen and oxygen atoms in total. The van der Waals surface area contributed by atoms with Crippen molar-refractivity contribution in [2.75, 3.05) is 59.5 Å². The zero-order valence-corrected chi connectivity index (χ0v) is 16.9. The summed E-state index contributed by atoms with van der Waals surface area (Å²) in [6, 6.07) is 7.79. The van der Waals surface area contributed by atoms with Crippen molar-refractivity contribution < 1.29 is 14.3 Å². The summed E-state index contributed by atoms with van der Waals surface area (Å²) in [7, 11) is 1.66. The summed E-state index contributed by atoms with van der Waals surface area (Å²) in [5.74, 6) is 1.06.